The molecule has 1 amide bonds. The van der Waals surface area contributed by atoms with Gasteiger partial charge in [-0.1, -0.05) is 0 Å². The Bertz CT molecular complexity index is 394. The van der Waals surface area contributed by atoms with E-state index in [1.165, 1.54) is 4.90 Å². The molecule has 1 aliphatic heterocycles. The minimum Gasteiger partial charge on any atom is -0.464 e. The van der Waals surface area contributed by atoms with Gasteiger partial charge < -0.3 is 9.47 Å². The summed E-state index contributed by atoms with van der Waals surface area (Å²) in [4.78, 5) is 25.1. The highest BCUT2D eigenvalue weighted by Gasteiger charge is 2.42. The lowest BCUT2D eigenvalue weighted by molar-refractivity contribution is -0.148. The fraction of sp³-hybridized carbons (Fsp3) is 0.769. The van der Waals surface area contributed by atoms with Crippen LogP contribution in [0.15, 0.2) is 0 Å². The SMILES string of the molecule is CCOC(=O)[C@@H]1CC(C#N)CN1C(=O)OC(C)(C)C. The van der Waals surface area contributed by atoms with Crippen LogP contribution < -0.4 is 0 Å². The first-order chi connectivity index (χ1) is 8.78. The summed E-state index contributed by atoms with van der Waals surface area (Å²) in [6.07, 6.45) is -0.280. The lowest BCUT2D eigenvalue weighted by atomic mass is 10.1. The Balaban J connectivity index is 2.80. The number of hydrogen-bond donors (Lipinski definition) is 0. The van der Waals surface area contributed by atoms with Crippen LogP contribution in [-0.2, 0) is 14.3 Å². The first kappa shape index (κ1) is 15.3. The van der Waals surface area contributed by atoms with Gasteiger partial charge in [0.05, 0.1) is 18.6 Å². The van der Waals surface area contributed by atoms with E-state index in [-0.39, 0.29) is 19.1 Å². The van der Waals surface area contributed by atoms with Crippen molar-refractivity contribution in [1.82, 2.24) is 4.90 Å². The van der Waals surface area contributed by atoms with Crippen LogP contribution in [0.3, 0.4) is 0 Å². The molecule has 6 heteroatoms. The third-order valence-corrected chi connectivity index (χ3v) is 2.67. The molecule has 0 radical (unpaired) electrons. The Labute approximate surface area is 113 Å². The van der Waals surface area contributed by atoms with Gasteiger partial charge in [-0.15, -0.1) is 0 Å². The van der Waals surface area contributed by atoms with Crippen LogP contribution in [0.5, 0.6) is 0 Å². The van der Waals surface area contributed by atoms with E-state index in [2.05, 4.69) is 6.07 Å². The average molecular weight is 268 g/mol. The maximum atomic E-state index is 12.0. The van der Waals surface area contributed by atoms with Crippen molar-refractivity contribution in [3.63, 3.8) is 0 Å². The smallest absolute Gasteiger partial charge is 0.411 e. The summed E-state index contributed by atoms with van der Waals surface area (Å²) in [6.45, 7) is 7.41. The molecule has 1 fully saturated rings. The minimum absolute atomic E-state index is 0.203. The molecule has 6 nitrogen and oxygen atoms in total. The molecule has 0 aromatic heterocycles. The standard InChI is InChI=1S/C13H20N2O4/c1-5-18-11(16)10-6-9(7-14)8-15(10)12(17)19-13(2,3)4/h9-10H,5-6,8H2,1-4H3/t9?,10-/m0/s1. The van der Waals surface area contributed by atoms with Gasteiger partial charge >= 0.3 is 12.1 Å². The monoisotopic (exact) mass is 268 g/mol. The fourth-order valence-electron chi connectivity index (χ4n) is 1.91. The third-order valence-electron chi connectivity index (χ3n) is 2.67. The second kappa shape index (κ2) is 5.91. The number of carbonyl (C=O) groups is 2. The molecule has 106 valence electrons. The second-order valence-corrected chi connectivity index (χ2v) is 5.46. The van der Waals surface area contributed by atoms with Crippen LogP contribution in [0.25, 0.3) is 0 Å². The van der Waals surface area contributed by atoms with E-state index in [0.717, 1.165) is 0 Å². The zero-order chi connectivity index (χ0) is 14.6. The van der Waals surface area contributed by atoms with Crippen LogP contribution in [0.4, 0.5) is 4.79 Å². The van der Waals surface area contributed by atoms with E-state index in [4.69, 9.17) is 14.7 Å². The van der Waals surface area contributed by atoms with Crippen molar-refractivity contribution < 1.29 is 19.1 Å². The van der Waals surface area contributed by atoms with Crippen molar-refractivity contribution in [2.75, 3.05) is 13.2 Å². The Morgan fingerprint density at radius 3 is 2.53 bits per heavy atom. The van der Waals surface area contributed by atoms with Gasteiger partial charge in [-0.2, -0.15) is 5.26 Å². The van der Waals surface area contributed by atoms with Crippen LogP contribution in [0.2, 0.25) is 0 Å². The minimum atomic E-state index is -0.723. The van der Waals surface area contributed by atoms with E-state index in [1.807, 2.05) is 0 Å². The molecule has 0 aromatic carbocycles. The maximum Gasteiger partial charge on any atom is 0.411 e. The predicted octanol–water partition coefficient (Wildman–Crippen LogP) is 1.70. The maximum absolute atomic E-state index is 12.0. The topological polar surface area (TPSA) is 79.6 Å². The van der Waals surface area contributed by atoms with Crippen molar-refractivity contribution in [1.29, 1.82) is 5.26 Å². The number of carbonyl (C=O) groups excluding carboxylic acids is 2. The molecular formula is C13H20N2O4. The highest BCUT2D eigenvalue weighted by atomic mass is 16.6. The number of nitrogens with zero attached hydrogens (tertiary/aromatic N) is 2. The summed E-state index contributed by atoms with van der Waals surface area (Å²) in [7, 11) is 0. The second-order valence-electron chi connectivity index (χ2n) is 5.46. The molecule has 1 saturated heterocycles. The zero-order valence-corrected chi connectivity index (χ0v) is 11.8. The van der Waals surface area contributed by atoms with E-state index in [1.54, 1.807) is 27.7 Å². The first-order valence-electron chi connectivity index (χ1n) is 6.34. The number of amides is 1. The normalized spacial score (nSPS) is 22.8. The zero-order valence-electron chi connectivity index (χ0n) is 11.8. The molecule has 1 heterocycles. The van der Waals surface area contributed by atoms with Gasteiger partial charge in [-0.05, 0) is 34.1 Å². The Kier molecular flexibility index (Phi) is 4.76. The molecule has 1 rings (SSSR count). The number of ether oxygens (including phenoxy) is 2. The Morgan fingerprint density at radius 2 is 2.05 bits per heavy atom. The van der Waals surface area contributed by atoms with Crippen LogP contribution in [0.1, 0.15) is 34.1 Å². The van der Waals surface area contributed by atoms with Crippen LogP contribution in [-0.4, -0.2) is 41.8 Å². The van der Waals surface area contributed by atoms with E-state index < -0.39 is 23.7 Å². The largest absolute Gasteiger partial charge is 0.464 e. The molecule has 1 unspecified atom stereocenters. The average Bonchev–Trinajstić information content (AvgIpc) is 2.71. The van der Waals surface area contributed by atoms with Crippen molar-refractivity contribution in [2.24, 2.45) is 5.92 Å². The summed E-state index contributed by atoms with van der Waals surface area (Å²) in [5.74, 6) is -0.840. The Hall–Kier alpha value is -1.77. The predicted molar refractivity (Wildman–Crippen MR) is 67.1 cm³/mol. The van der Waals surface area contributed by atoms with Crippen molar-refractivity contribution >= 4 is 12.1 Å². The number of nitriles is 1. The Morgan fingerprint density at radius 1 is 1.42 bits per heavy atom. The highest BCUT2D eigenvalue weighted by Crippen LogP contribution is 2.25. The summed E-state index contributed by atoms with van der Waals surface area (Å²) in [5, 5.41) is 8.95. The summed E-state index contributed by atoms with van der Waals surface area (Å²) in [6, 6.07) is 1.36. The van der Waals surface area contributed by atoms with Crippen molar-refractivity contribution in [3.05, 3.63) is 0 Å². The van der Waals surface area contributed by atoms with Gasteiger partial charge in [0.1, 0.15) is 11.6 Å². The van der Waals surface area contributed by atoms with Gasteiger partial charge in [0.15, 0.2) is 0 Å². The summed E-state index contributed by atoms with van der Waals surface area (Å²) < 4.78 is 10.2. The van der Waals surface area contributed by atoms with E-state index >= 15 is 0 Å². The van der Waals surface area contributed by atoms with Crippen LogP contribution >= 0.6 is 0 Å². The van der Waals surface area contributed by atoms with Crippen LogP contribution in [0, 0.1) is 17.2 Å². The van der Waals surface area contributed by atoms with Crippen molar-refractivity contribution in [2.45, 2.75) is 45.8 Å². The number of rotatable bonds is 2. The molecule has 19 heavy (non-hydrogen) atoms. The molecule has 0 aromatic rings. The molecular weight excluding hydrogens is 248 g/mol. The van der Waals surface area contributed by atoms with Crippen molar-refractivity contribution in [3.8, 4) is 6.07 Å². The molecule has 0 N–H and O–H groups in total. The molecule has 1 aliphatic rings. The first-order valence-corrected chi connectivity index (χ1v) is 6.34. The van der Waals surface area contributed by atoms with Gasteiger partial charge in [0.25, 0.3) is 0 Å². The van der Waals surface area contributed by atoms with Gasteiger partial charge in [-0.3, -0.25) is 4.90 Å². The third kappa shape index (κ3) is 4.12. The quantitative estimate of drug-likeness (QED) is 0.712. The van der Waals surface area contributed by atoms with E-state index in [0.29, 0.717) is 6.42 Å². The lowest BCUT2D eigenvalue weighted by Gasteiger charge is -2.27. The number of hydrogen-bond acceptors (Lipinski definition) is 5. The lowest BCUT2D eigenvalue weighted by Crippen LogP contribution is -2.44. The molecule has 0 bridgehead atoms. The fourth-order valence-corrected chi connectivity index (χ4v) is 1.91. The number of likely N-dealkylation sites (tertiary alicyclic amines) is 1. The molecule has 0 saturated carbocycles. The molecule has 2 atom stereocenters. The molecule has 0 aliphatic carbocycles. The number of esters is 1. The highest BCUT2D eigenvalue weighted by molar-refractivity contribution is 5.82. The van der Waals surface area contributed by atoms with Gasteiger partial charge in [0, 0.05) is 6.54 Å². The van der Waals surface area contributed by atoms with Gasteiger partial charge in [-0.25, -0.2) is 9.59 Å². The van der Waals surface area contributed by atoms with E-state index in [9.17, 15) is 9.59 Å². The van der Waals surface area contributed by atoms with Gasteiger partial charge in [0.2, 0.25) is 0 Å². The summed E-state index contributed by atoms with van der Waals surface area (Å²) in [5.41, 5.74) is -0.638. The molecule has 0 spiro atoms. The summed E-state index contributed by atoms with van der Waals surface area (Å²) >= 11 is 0.